The van der Waals surface area contributed by atoms with Gasteiger partial charge in [-0.1, -0.05) is 30.0 Å². The summed E-state index contributed by atoms with van der Waals surface area (Å²) in [6.45, 7) is 8.61. The maximum absolute atomic E-state index is 14.2. The van der Waals surface area contributed by atoms with Gasteiger partial charge in [-0.2, -0.15) is 3.71 Å². The fourth-order valence-electron chi connectivity index (χ4n) is 4.85. The average molecular weight is 604 g/mol. The molecule has 3 N–H and O–H groups in total. The number of nitrogens with one attached hydrogen (secondary N) is 1. The summed E-state index contributed by atoms with van der Waals surface area (Å²) < 4.78 is 34.9. The fourth-order valence-corrected chi connectivity index (χ4v) is 5.41. The minimum atomic E-state index is -0.640. The number of ether oxygens (including phenoxy) is 1. The monoisotopic (exact) mass is 603 g/mol. The Bertz CT molecular complexity index is 1330. The number of likely N-dealkylation sites (tertiary alicyclic amines) is 1. The molecule has 220 valence electrons. The molecule has 1 fully saturated rings. The molecule has 1 aromatic carbocycles. The maximum Gasteiger partial charge on any atom is 0.410 e. The van der Waals surface area contributed by atoms with Crippen LogP contribution < -0.4 is 11.3 Å². The molecular weight excluding hydrogens is 568 g/mol. The van der Waals surface area contributed by atoms with Gasteiger partial charge >= 0.3 is 6.09 Å². The highest BCUT2D eigenvalue weighted by Crippen LogP contribution is 2.41. The lowest BCUT2D eigenvalue weighted by Gasteiger charge is -2.38. The van der Waals surface area contributed by atoms with Crippen LogP contribution in [-0.4, -0.2) is 62.7 Å². The van der Waals surface area contributed by atoms with E-state index in [0.717, 1.165) is 20.4 Å². The van der Waals surface area contributed by atoms with Crippen molar-refractivity contribution >= 4 is 36.5 Å². The lowest BCUT2D eigenvalue weighted by molar-refractivity contribution is 0.0194. The van der Waals surface area contributed by atoms with Crippen molar-refractivity contribution in [1.29, 1.82) is 0 Å². The number of halogens is 2. The van der Waals surface area contributed by atoms with Crippen molar-refractivity contribution in [2.24, 2.45) is 16.8 Å². The number of hydrogen-bond acceptors (Lipinski definition) is 10. The molecule has 1 unspecified atom stereocenters. The van der Waals surface area contributed by atoms with E-state index in [1.807, 2.05) is 58.0 Å². The van der Waals surface area contributed by atoms with Gasteiger partial charge in [-0.15, -0.1) is 7.77 Å². The van der Waals surface area contributed by atoms with Gasteiger partial charge in [0.15, 0.2) is 36.3 Å². The van der Waals surface area contributed by atoms with Crippen LogP contribution in [0.1, 0.15) is 46.1 Å². The van der Waals surface area contributed by atoms with Gasteiger partial charge in [0.1, 0.15) is 5.60 Å². The topological polar surface area (TPSA) is 89.7 Å². The molecule has 1 aromatic rings. The SMILES string of the molecule is C/C(=C\N(C)N)C1=C2N=C(C3CCCN(C(=O)OC(C)(C)C)C3)C(C#Cc3ccccc3)=C(N(SF)SF)N2NC1. The zero-order valence-corrected chi connectivity index (χ0v) is 25.4. The zero-order valence-electron chi connectivity index (χ0n) is 23.8. The molecule has 0 aliphatic carbocycles. The maximum atomic E-state index is 14.2. The molecule has 1 amide bonds. The van der Waals surface area contributed by atoms with Crippen LogP contribution in [0, 0.1) is 17.8 Å². The number of allylic oxidation sites excluding steroid dienone is 1. The molecule has 0 saturated carbocycles. The van der Waals surface area contributed by atoms with Crippen molar-refractivity contribution in [2.75, 3.05) is 26.7 Å². The lowest BCUT2D eigenvalue weighted by atomic mass is 9.88. The minimum absolute atomic E-state index is 0.173. The first-order valence-electron chi connectivity index (χ1n) is 13.2. The molecule has 3 aliphatic rings. The highest BCUT2D eigenvalue weighted by Gasteiger charge is 2.40. The van der Waals surface area contributed by atoms with E-state index in [-0.39, 0.29) is 36.4 Å². The Morgan fingerprint density at radius 1 is 1.24 bits per heavy atom. The third-order valence-corrected chi connectivity index (χ3v) is 7.49. The molecule has 3 heterocycles. The second-order valence-electron chi connectivity index (χ2n) is 10.9. The van der Waals surface area contributed by atoms with E-state index in [2.05, 4.69) is 17.3 Å². The van der Waals surface area contributed by atoms with Gasteiger partial charge in [0.25, 0.3) is 0 Å². The number of fused-ring (bicyclic) bond motifs is 1. The molecule has 13 heteroatoms. The Kier molecular flexibility index (Phi) is 9.91. The fraction of sp³-hybridized carbons (Fsp3) is 0.429. The number of hydrazine groups is 2. The minimum Gasteiger partial charge on any atom is -0.444 e. The lowest BCUT2D eigenvalue weighted by Crippen LogP contribution is -2.46. The third-order valence-electron chi connectivity index (χ3n) is 6.55. The van der Waals surface area contributed by atoms with E-state index >= 15 is 0 Å². The Balaban J connectivity index is 1.87. The van der Waals surface area contributed by atoms with E-state index in [4.69, 9.17) is 15.6 Å². The molecule has 3 aliphatic heterocycles. The molecule has 1 atom stereocenters. The molecular formula is C28H35F2N7O2S2. The third kappa shape index (κ3) is 7.37. The predicted octanol–water partition coefficient (Wildman–Crippen LogP) is 5.46. The van der Waals surface area contributed by atoms with Crippen molar-refractivity contribution in [1.82, 2.24) is 24.1 Å². The number of rotatable bonds is 6. The van der Waals surface area contributed by atoms with Crippen LogP contribution in [0.3, 0.4) is 0 Å². The first kappa shape index (κ1) is 30.8. The van der Waals surface area contributed by atoms with Gasteiger partial charge in [0.2, 0.25) is 0 Å². The molecule has 0 aromatic heterocycles. The van der Waals surface area contributed by atoms with Gasteiger partial charge in [0, 0.05) is 49.9 Å². The second kappa shape index (κ2) is 13.2. The van der Waals surface area contributed by atoms with E-state index in [9.17, 15) is 12.6 Å². The number of amides is 1. The van der Waals surface area contributed by atoms with Gasteiger partial charge in [0.05, 0.1) is 11.3 Å². The number of nitrogens with zero attached hydrogens (tertiary/aromatic N) is 5. The first-order chi connectivity index (χ1) is 19.5. The summed E-state index contributed by atoms with van der Waals surface area (Å²) in [7, 11) is 1.71. The predicted molar refractivity (Wildman–Crippen MR) is 160 cm³/mol. The molecule has 9 nitrogen and oxygen atoms in total. The summed E-state index contributed by atoms with van der Waals surface area (Å²) in [6, 6.07) is 9.35. The Labute approximate surface area is 249 Å². The normalized spacial score (nSPS) is 19.5. The van der Waals surface area contributed by atoms with Crippen LogP contribution in [0.2, 0.25) is 0 Å². The summed E-state index contributed by atoms with van der Waals surface area (Å²) in [4.78, 5) is 19.7. The molecule has 0 bridgehead atoms. The Hall–Kier alpha value is -3.18. The number of aliphatic imine (C=N–C) groups is 1. The van der Waals surface area contributed by atoms with E-state index in [1.165, 1.54) is 5.01 Å². The van der Waals surface area contributed by atoms with Crippen LogP contribution in [0.5, 0.6) is 0 Å². The van der Waals surface area contributed by atoms with Gasteiger partial charge < -0.3 is 14.6 Å². The molecule has 1 saturated heterocycles. The van der Waals surface area contributed by atoms with Gasteiger partial charge in [-0.3, -0.25) is 0 Å². The molecule has 0 radical (unpaired) electrons. The zero-order chi connectivity index (χ0) is 29.7. The smallest absolute Gasteiger partial charge is 0.410 e. The van der Waals surface area contributed by atoms with Crippen molar-refractivity contribution in [2.45, 2.75) is 46.1 Å². The summed E-state index contributed by atoms with van der Waals surface area (Å²) in [5.74, 6) is 12.6. The van der Waals surface area contributed by atoms with E-state index < -0.39 is 11.7 Å². The largest absolute Gasteiger partial charge is 0.444 e. The van der Waals surface area contributed by atoms with Crippen molar-refractivity contribution in [3.63, 3.8) is 0 Å². The van der Waals surface area contributed by atoms with Crippen LogP contribution in [0.15, 0.2) is 69.9 Å². The Morgan fingerprint density at radius 3 is 2.59 bits per heavy atom. The van der Waals surface area contributed by atoms with Crippen molar-refractivity contribution in [3.8, 4) is 11.8 Å². The van der Waals surface area contributed by atoms with Crippen LogP contribution >= 0.6 is 24.7 Å². The summed E-state index contributed by atoms with van der Waals surface area (Å²) in [6.07, 6.45) is 2.77. The molecule has 41 heavy (non-hydrogen) atoms. The van der Waals surface area contributed by atoms with Crippen LogP contribution in [-0.2, 0) is 4.74 Å². The number of piperidine rings is 1. The van der Waals surface area contributed by atoms with Gasteiger partial charge in [-0.05, 0) is 58.2 Å². The first-order valence-corrected chi connectivity index (χ1v) is 14.6. The van der Waals surface area contributed by atoms with Crippen molar-refractivity contribution < 1.29 is 17.3 Å². The number of nitrogens with two attached hydrogens (primary N) is 1. The van der Waals surface area contributed by atoms with E-state index in [0.29, 0.717) is 49.6 Å². The summed E-state index contributed by atoms with van der Waals surface area (Å²) in [5, 5.41) is 3.00. The number of benzene rings is 1. The summed E-state index contributed by atoms with van der Waals surface area (Å²) >= 11 is -0.519. The quantitative estimate of drug-likeness (QED) is 0.190. The van der Waals surface area contributed by atoms with Gasteiger partial charge in [-0.25, -0.2) is 26.1 Å². The molecule has 4 rings (SSSR count). The standard InChI is InChI=1S/C28H35F2N7O2S2/c1-19(17-34(5)31)23-16-32-36-25(23)33-24(21-12-9-15-35(18-21)27(38)39-28(2,3)4)22(26(36)37(40-29)41-30)14-13-20-10-7-6-8-11-20/h6-8,10-11,17,21,32H,9,12,15-16,18,31H2,1-5H3/b19-17+. The number of carbonyl (C=O) groups excluding carboxylic acids is 1. The van der Waals surface area contributed by atoms with Crippen LogP contribution in [0.25, 0.3) is 0 Å². The molecule has 0 spiro atoms. The van der Waals surface area contributed by atoms with Crippen LogP contribution in [0.4, 0.5) is 12.6 Å². The number of carbonyl (C=O) groups is 1. The average Bonchev–Trinajstić information content (AvgIpc) is 3.36. The Morgan fingerprint density at radius 2 is 1.95 bits per heavy atom. The summed E-state index contributed by atoms with van der Waals surface area (Å²) in [5.41, 5.74) is 5.90. The second-order valence-corrected chi connectivity index (χ2v) is 12.2. The highest BCUT2D eigenvalue weighted by molar-refractivity contribution is 8.07. The van der Waals surface area contributed by atoms with E-state index in [1.54, 1.807) is 23.2 Å². The van der Waals surface area contributed by atoms with Crippen molar-refractivity contribution in [3.05, 3.63) is 70.5 Å². The highest BCUT2D eigenvalue weighted by atomic mass is 32.3. The number of hydrogen-bond donors (Lipinski definition) is 2.